The summed E-state index contributed by atoms with van der Waals surface area (Å²) < 4.78 is 22.0. The first-order chi connectivity index (χ1) is 33.1. The van der Waals surface area contributed by atoms with Gasteiger partial charge in [0.25, 0.3) is 0 Å². The highest BCUT2D eigenvalue weighted by molar-refractivity contribution is 7.84. The minimum Gasteiger partial charge on any atom is -0.465 e. The van der Waals surface area contributed by atoms with E-state index >= 15 is 0 Å². The fourth-order valence-corrected chi connectivity index (χ4v) is 9.03. The zero-order chi connectivity index (χ0) is 52.0. The van der Waals surface area contributed by atoms with E-state index in [1.807, 2.05) is 27.7 Å². The Bertz CT molecular complexity index is 867. The third kappa shape index (κ3) is 71.6. The average Bonchev–Trinajstić information content (AvgIpc) is 3.34. The van der Waals surface area contributed by atoms with Crippen molar-refractivity contribution in [3.8, 4) is 0 Å². The van der Waals surface area contributed by atoms with Crippen LogP contribution in [-0.4, -0.2) is 41.4 Å². The summed E-state index contributed by atoms with van der Waals surface area (Å²) in [7, 11) is -0.573. The van der Waals surface area contributed by atoms with Gasteiger partial charge in [0.1, 0.15) is 0 Å². The van der Waals surface area contributed by atoms with Crippen LogP contribution < -0.4 is 0 Å². The number of carbonyl (C=O) groups excluding carboxylic acids is 2. The van der Waals surface area contributed by atoms with Gasteiger partial charge in [0.15, 0.2) is 0 Å². The molecule has 6 heteroatoms. The van der Waals surface area contributed by atoms with Crippen molar-refractivity contribution in [2.75, 3.05) is 25.2 Å². The van der Waals surface area contributed by atoms with Gasteiger partial charge in [-0.3, -0.25) is 13.8 Å². The molecule has 5 nitrogen and oxygen atoms in total. The van der Waals surface area contributed by atoms with Gasteiger partial charge in [0.05, 0.1) is 13.2 Å². The summed E-state index contributed by atoms with van der Waals surface area (Å²) >= 11 is 0. The minimum absolute atomic E-state index is 0.0217. The number of carbonyl (C=O) groups is 2. The van der Waals surface area contributed by atoms with Crippen molar-refractivity contribution in [3.63, 3.8) is 0 Å². The van der Waals surface area contributed by atoms with Crippen molar-refractivity contribution in [2.24, 2.45) is 17.8 Å². The predicted molar refractivity (Wildman–Crippen MR) is 309 cm³/mol. The Morgan fingerprint density at radius 3 is 0.941 bits per heavy atom. The van der Waals surface area contributed by atoms with Crippen molar-refractivity contribution in [2.45, 2.75) is 346 Å². The fourth-order valence-electron chi connectivity index (χ4n) is 8.42. The summed E-state index contributed by atoms with van der Waals surface area (Å²) in [5.74, 6) is 2.89. The standard InChI is InChI=1S/C44H86O4.C9H20OS.C5H12.2C2H6/c1-6-10-14-26-34-41(32-12-8-3)38-47-43(45)36-28-22-18-16-20-24-30-40(5)31-25-21-17-19-23-29-37-44(46)48-39-42(33-13-9-4)35-27-15-11-7-2;1-3-4-5-6-7-8-9-11(2)10;1-3-5-4-2;2*1-2/h40-42H,6-39H2,1-5H3;3-9H2,1-2H3;3-5H2,1-2H3;2*1-2H3. The van der Waals surface area contributed by atoms with Crippen LogP contribution in [-0.2, 0) is 29.9 Å². The SMILES string of the molecule is CC.CC.CCCCC.CCCCCCC(CCCC)COC(=O)CCCCCCCCC(C)CCCCCCCCC(=O)OCC(CCCC)CCCCCC.CCCCCCCCS(C)=O. The van der Waals surface area contributed by atoms with Gasteiger partial charge in [-0.1, -0.05) is 289 Å². The summed E-state index contributed by atoms with van der Waals surface area (Å²) in [5.41, 5.74) is 0. The van der Waals surface area contributed by atoms with Crippen LogP contribution in [0.3, 0.4) is 0 Å². The maximum Gasteiger partial charge on any atom is 0.305 e. The lowest BCUT2D eigenvalue weighted by Gasteiger charge is -2.17. The molecule has 0 spiro atoms. The minimum atomic E-state index is -0.573. The topological polar surface area (TPSA) is 69.7 Å². The molecule has 0 saturated heterocycles. The summed E-state index contributed by atoms with van der Waals surface area (Å²) in [6.45, 7) is 27.4. The molecule has 0 aromatic carbocycles. The average molecular weight is 988 g/mol. The molecule has 0 aliphatic carbocycles. The smallest absolute Gasteiger partial charge is 0.305 e. The van der Waals surface area contributed by atoms with Crippen molar-refractivity contribution < 1.29 is 23.3 Å². The number of rotatable bonds is 47. The number of hydrogen-bond acceptors (Lipinski definition) is 5. The van der Waals surface area contributed by atoms with Crippen LogP contribution in [0.15, 0.2) is 0 Å². The van der Waals surface area contributed by atoms with Crippen LogP contribution in [0, 0.1) is 17.8 Å². The van der Waals surface area contributed by atoms with Gasteiger partial charge in [0.2, 0.25) is 0 Å². The molecular formula is C62H130O5S. The van der Waals surface area contributed by atoms with Crippen LogP contribution in [0.1, 0.15) is 346 Å². The van der Waals surface area contributed by atoms with E-state index in [0.29, 0.717) is 37.9 Å². The summed E-state index contributed by atoms with van der Waals surface area (Å²) in [6.07, 6.45) is 52.3. The van der Waals surface area contributed by atoms with Gasteiger partial charge < -0.3 is 9.47 Å². The molecule has 0 radical (unpaired) electrons. The number of unbranched alkanes of at least 4 members (excludes halogenated alkanes) is 25. The van der Waals surface area contributed by atoms with Crippen LogP contribution in [0.5, 0.6) is 0 Å². The first-order valence-corrected chi connectivity index (χ1v) is 32.5. The lowest BCUT2D eigenvalue weighted by Crippen LogP contribution is -2.14. The summed E-state index contributed by atoms with van der Waals surface area (Å²) in [4.78, 5) is 24.5. The van der Waals surface area contributed by atoms with Gasteiger partial charge >= 0.3 is 11.9 Å². The second-order valence-corrected chi connectivity index (χ2v) is 21.5. The molecule has 0 heterocycles. The third-order valence-corrected chi connectivity index (χ3v) is 13.8. The lowest BCUT2D eigenvalue weighted by molar-refractivity contribution is -0.146. The highest BCUT2D eigenvalue weighted by Gasteiger charge is 2.13. The monoisotopic (exact) mass is 987 g/mol. The highest BCUT2D eigenvalue weighted by Crippen LogP contribution is 2.22. The molecule has 0 amide bonds. The molecular weight excluding hydrogens is 857 g/mol. The lowest BCUT2D eigenvalue weighted by atomic mass is 9.95. The normalized spacial score (nSPS) is 12.4. The fraction of sp³-hybridized carbons (Fsp3) is 0.968. The van der Waals surface area contributed by atoms with Gasteiger partial charge in [-0.05, 0) is 62.7 Å². The first kappa shape index (κ1) is 76.0. The first-order valence-electron chi connectivity index (χ1n) is 30.8. The van der Waals surface area contributed by atoms with Gasteiger partial charge in [-0.25, -0.2) is 0 Å². The van der Waals surface area contributed by atoms with Crippen molar-refractivity contribution in [3.05, 3.63) is 0 Å². The molecule has 0 rings (SSSR count). The zero-order valence-electron chi connectivity index (χ0n) is 49.3. The zero-order valence-corrected chi connectivity index (χ0v) is 50.1. The molecule has 0 aliphatic rings. The molecule has 3 unspecified atom stereocenters. The Kier molecular flexibility index (Phi) is 78.6. The summed E-state index contributed by atoms with van der Waals surface area (Å²) in [6, 6.07) is 0. The molecule has 3 atom stereocenters. The Morgan fingerprint density at radius 2 is 0.618 bits per heavy atom. The van der Waals surface area contributed by atoms with Crippen LogP contribution in [0.25, 0.3) is 0 Å². The number of hydrogen-bond donors (Lipinski definition) is 0. The van der Waals surface area contributed by atoms with E-state index < -0.39 is 10.8 Å². The van der Waals surface area contributed by atoms with E-state index in [9.17, 15) is 13.8 Å². The van der Waals surface area contributed by atoms with Crippen LogP contribution in [0.4, 0.5) is 0 Å². The number of ether oxygens (including phenoxy) is 2. The molecule has 0 aromatic rings. The highest BCUT2D eigenvalue weighted by atomic mass is 32.2. The molecule has 0 aromatic heterocycles. The van der Waals surface area contributed by atoms with Crippen molar-refractivity contribution in [1.82, 2.24) is 0 Å². The van der Waals surface area contributed by atoms with Crippen molar-refractivity contribution >= 4 is 22.7 Å². The van der Waals surface area contributed by atoms with Crippen LogP contribution in [0.2, 0.25) is 0 Å². The molecule has 414 valence electrons. The molecule has 0 N–H and O–H groups in total. The Morgan fingerprint density at radius 1 is 0.353 bits per heavy atom. The van der Waals surface area contributed by atoms with E-state index in [1.165, 1.54) is 218 Å². The molecule has 0 fully saturated rings. The maximum atomic E-state index is 12.3. The largest absolute Gasteiger partial charge is 0.465 e. The molecule has 0 bridgehead atoms. The molecule has 68 heavy (non-hydrogen) atoms. The van der Waals surface area contributed by atoms with Crippen LogP contribution >= 0.6 is 0 Å². The molecule has 0 saturated carbocycles. The summed E-state index contributed by atoms with van der Waals surface area (Å²) in [5, 5.41) is 0. The van der Waals surface area contributed by atoms with E-state index in [1.54, 1.807) is 6.26 Å². The number of esters is 2. The third-order valence-electron chi connectivity index (χ3n) is 13.0. The van der Waals surface area contributed by atoms with E-state index in [0.717, 1.165) is 43.8 Å². The van der Waals surface area contributed by atoms with E-state index in [-0.39, 0.29) is 11.9 Å². The Hall–Kier alpha value is -0.910. The Balaban J connectivity index is -0.000000550. The second-order valence-electron chi connectivity index (χ2n) is 19.9. The quantitative estimate of drug-likeness (QED) is 0.0449. The maximum absolute atomic E-state index is 12.3. The predicted octanol–water partition coefficient (Wildman–Crippen LogP) is 21.5. The van der Waals surface area contributed by atoms with E-state index in [2.05, 4.69) is 55.4 Å². The van der Waals surface area contributed by atoms with Gasteiger partial charge in [-0.15, -0.1) is 0 Å². The Labute approximate surface area is 433 Å². The van der Waals surface area contributed by atoms with Gasteiger partial charge in [0, 0.05) is 35.6 Å². The van der Waals surface area contributed by atoms with Crippen molar-refractivity contribution in [1.29, 1.82) is 0 Å². The second kappa shape index (κ2) is 70.3. The molecule has 0 aliphatic heterocycles. The van der Waals surface area contributed by atoms with E-state index in [4.69, 9.17) is 9.47 Å². The van der Waals surface area contributed by atoms with Gasteiger partial charge in [-0.2, -0.15) is 0 Å².